The Bertz CT molecular complexity index is 289. The van der Waals surface area contributed by atoms with E-state index in [9.17, 15) is 8.78 Å². The first kappa shape index (κ1) is 9.92. The number of rotatable bonds is 2. The summed E-state index contributed by atoms with van der Waals surface area (Å²) < 4.78 is 25.8. The summed E-state index contributed by atoms with van der Waals surface area (Å²) in [7, 11) is 0. The van der Waals surface area contributed by atoms with E-state index in [1.807, 2.05) is 6.92 Å². The Kier molecular flexibility index (Phi) is 2.83. The van der Waals surface area contributed by atoms with Crippen molar-refractivity contribution in [2.45, 2.75) is 19.4 Å². The minimum atomic E-state index is -0.751. The standard InChI is InChI=1S/C9H12F2N2/c1-2-8(12)5-3-6(10)9(13)7(11)4-5/h3-4,8H,2,12-13H2,1H3/t8-/m1/s1. The fraction of sp³-hybridized carbons (Fsp3) is 0.333. The monoisotopic (exact) mass is 186 g/mol. The van der Waals surface area contributed by atoms with Gasteiger partial charge in [0.1, 0.15) is 17.3 Å². The second kappa shape index (κ2) is 3.70. The van der Waals surface area contributed by atoms with Crippen LogP contribution in [0.3, 0.4) is 0 Å². The number of benzene rings is 1. The van der Waals surface area contributed by atoms with Crippen molar-refractivity contribution in [1.82, 2.24) is 0 Å². The van der Waals surface area contributed by atoms with Crippen LogP contribution >= 0.6 is 0 Å². The molecule has 4 N–H and O–H groups in total. The number of hydrogen-bond acceptors (Lipinski definition) is 2. The zero-order valence-corrected chi connectivity index (χ0v) is 7.35. The molecule has 0 spiro atoms. The molecule has 13 heavy (non-hydrogen) atoms. The van der Waals surface area contributed by atoms with E-state index >= 15 is 0 Å². The maximum atomic E-state index is 12.9. The predicted molar refractivity (Wildman–Crippen MR) is 48.0 cm³/mol. The molecule has 0 aromatic heterocycles. The van der Waals surface area contributed by atoms with E-state index in [0.29, 0.717) is 12.0 Å². The van der Waals surface area contributed by atoms with Gasteiger partial charge in [0.15, 0.2) is 0 Å². The second-order valence-electron chi connectivity index (χ2n) is 2.91. The van der Waals surface area contributed by atoms with Crippen molar-refractivity contribution in [3.63, 3.8) is 0 Å². The molecule has 0 aliphatic heterocycles. The SMILES string of the molecule is CC[C@@H](N)c1cc(F)c(N)c(F)c1. The molecule has 0 amide bonds. The highest BCUT2D eigenvalue weighted by molar-refractivity contribution is 5.43. The van der Waals surface area contributed by atoms with Crippen LogP contribution in [-0.2, 0) is 0 Å². The van der Waals surface area contributed by atoms with Crippen molar-refractivity contribution < 1.29 is 8.78 Å². The maximum absolute atomic E-state index is 12.9. The number of hydrogen-bond donors (Lipinski definition) is 2. The van der Waals surface area contributed by atoms with Gasteiger partial charge in [0.2, 0.25) is 0 Å². The van der Waals surface area contributed by atoms with Gasteiger partial charge >= 0.3 is 0 Å². The van der Waals surface area contributed by atoms with Crippen molar-refractivity contribution in [1.29, 1.82) is 0 Å². The Morgan fingerprint density at radius 3 is 2.15 bits per heavy atom. The summed E-state index contributed by atoms with van der Waals surface area (Å²) in [5, 5.41) is 0. The lowest BCUT2D eigenvalue weighted by atomic mass is 10.0. The molecule has 0 aliphatic carbocycles. The zero-order chi connectivity index (χ0) is 10.0. The van der Waals surface area contributed by atoms with Gasteiger partial charge in [-0.15, -0.1) is 0 Å². The molecule has 1 aromatic rings. The predicted octanol–water partition coefficient (Wildman–Crippen LogP) is 1.96. The normalized spacial score (nSPS) is 12.9. The Hall–Kier alpha value is -1.16. The van der Waals surface area contributed by atoms with Crippen molar-refractivity contribution in [2.24, 2.45) is 5.73 Å². The summed E-state index contributed by atoms with van der Waals surface area (Å²) >= 11 is 0. The van der Waals surface area contributed by atoms with Gasteiger partial charge in [0.25, 0.3) is 0 Å². The van der Waals surface area contributed by atoms with E-state index in [0.717, 1.165) is 0 Å². The van der Waals surface area contributed by atoms with Gasteiger partial charge in [-0.3, -0.25) is 0 Å². The highest BCUT2D eigenvalue weighted by Crippen LogP contribution is 2.21. The lowest BCUT2D eigenvalue weighted by Gasteiger charge is -2.10. The van der Waals surface area contributed by atoms with E-state index in [4.69, 9.17) is 11.5 Å². The third-order valence-electron chi connectivity index (χ3n) is 1.97. The highest BCUT2D eigenvalue weighted by Gasteiger charge is 2.11. The Labute approximate surface area is 75.5 Å². The minimum Gasteiger partial charge on any atom is -0.394 e. The molecule has 4 heteroatoms. The fourth-order valence-electron chi connectivity index (χ4n) is 1.05. The van der Waals surface area contributed by atoms with Crippen LogP contribution in [0.2, 0.25) is 0 Å². The van der Waals surface area contributed by atoms with Gasteiger partial charge in [-0.2, -0.15) is 0 Å². The fourth-order valence-corrected chi connectivity index (χ4v) is 1.05. The molecule has 0 saturated heterocycles. The van der Waals surface area contributed by atoms with Crippen LogP contribution < -0.4 is 11.5 Å². The summed E-state index contributed by atoms with van der Waals surface area (Å²) in [4.78, 5) is 0. The molecule has 0 radical (unpaired) electrons. The first-order valence-electron chi connectivity index (χ1n) is 4.06. The summed E-state index contributed by atoms with van der Waals surface area (Å²) in [6, 6.07) is 2.00. The van der Waals surface area contributed by atoms with Crippen LogP contribution in [0.1, 0.15) is 24.9 Å². The van der Waals surface area contributed by atoms with Crippen LogP contribution in [0.25, 0.3) is 0 Å². The van der Waals surface area contributed by atoms with Crippen LogP contribution in [0.4, 0.5) is 14.5 Å². The molecule has 1 rings (SSSR count). The van der Waals surface area contributed by atoms with Crippen molar-refractivity contribution in [3.8, 4) is 0 Å². The summed E-state index contributed by atoms with van der Waals surface area (Å²) in [6.45, 7) is 1.84. The maximum Gasteiger partial charge on any atom is 0.149 e. The number of nitrogen functional groups attached to an aromatic ring is 1. The van der Waals surface area contributed by atoms with Crippen molar-refractivity contribution in [2.75, 3.05) is 5.73 Å². The zero-order valence-electron chi connectivity index (χ0n) is 7.35. The average Bonchev–Trinajstić information content (AvgIpc) is 2.12. The molecule has 0 fully saturated rings. The van der Waals surface area contributed by atoms with Gasteiger partial charge in [0, 0.05) is 6.04 Å². The smallest absolute Gasteiger partial charge is 0.149 e. The van der Waals surface area contributed by atoms with E-state index in [1.54, 1.807) is 0 Å². The molecule has 1 atom stereocenters. The Balaban J connectivity index is 3.13. The van der Waals surface area contributed by atoms with E-state index in [2.05, 4.69) is 0 Å². The molecule has 0 unspecified atom stereocenters. The van der Waals surface area contributed by atoms with Gasteiger partial charge in [-0.05, 0) is 24.1 Å². The molecule has 0 heterocycles. The van der Waals surface area contributed by atoms with Gasteiger partial charge in [0.05, 0.1) is 0 Å². The number of nitrogens with two attached hydrogens (primary N) is 2. The molecular weight excluding hydrogens is 174 g/mol. The van der Waals surface area contributed by atoms with Crippen LogP contribution in [0.15, 0.2) is 12.1 Å². The van der Waals surface area contributed by atoms with Crippen molar-refractivity contribution >= 4 is 5.69 Å². The highest BCUT2D eigenvalue weighted by atomic mass is 19.1. The van der Waals surface area contributed by atoms with E-state index < -0.39 is 17.3 Å². The number of halogens is 2. The quantitative estimate of drug-likeness (QED) is 0.693. The number of anilines is 1. The summed E-state index contributed by atoms with van der Waals surface area (Å²) in [5.74, 6) is -1.50. The molecule has 72 valence electrons. The van der Waals surface area contributed by atoms with Gasteiger partial charge < -0.3 is 11.5 Å². The average molecular weight is 186 g/mol. The van der Waals surface area contributed by atoms with Crippen LogP contribution in [0.5, 0.6) is 0 Å². The van der Waals surface area contributed by atoms with Gasteiger partial charge in [-0.25, -0.2) is 8.78 Å². The second-order valence-corrected chi connectivity index (χ2v) is 2.91. The first-order valence-corrected chi connectivity index (χ1v) is 4.06. The summed E-state index contributed by atoms with van der Waals surface area (Å²) in [6.07, 6.45) is 0.628. The largest absolute Gasteiger partial charge is 0.394 e. The molecule has 0 bridgehead atoms. The van der Waals surface area contributed by atoms with Gasteiger partial charge in [-0.1, -0.05) is 6.92 Å². The topological polar surface area (TPSA) is 52.0 Å². The third-order valence-corrected chi connectivity index (χ3v) is 1.97. The Morgan fingerprint density at radius 1 is 1.31 bits per heavy atom. The van der Waals surface area contributed by atoms with E-state index in [-0.39, 0.29) is 6.04 Å². The molecule has 0 saturated carbocycles. The third kappa shape index (κ3) is 1.95. The molecule has 0 aliphatic rings. The Morgan fingerprint density at radius 2 is 1.77 bits per heavy atom. The lowest BCUT2D eigenvalue weighted by molar-refractivity contribution is 0.579. The molecule has 1 aromatic carbocycles. The minimum absolute atomic E-state index is 0.343. The van der Waals surface area contributed by atoms with Crippen LogP contribution in [-0.4, -0.2) is 0 Å². The first-order chi connectivity index (χ1) is 6.06. The van der Waals surface area contributed by atoms with Crippen molar-refractivity contribution in [3.05, 3.63) is 29.3 Å². The van der Waals surface area contributed by atoms with Crippen LogP contribution in [0, 0.1) is 11.6 Å². The molecular formula is C9H12F2N2. The molecule has 2 nitrogen and oxygen atoms in total. The summed E-state index contributed by atoms with van der Waals surface area (Å²) in [5.41, 5.74) is 10.7. The lowest BCUT2D eigenvalue weighted by Crippen LogP contribution is -2.10. The van der Waals surface area contributed by atoms with E-state index in [1.165, 1.54) is 12.1 Å².